The van der Waals surface area contributed by atoms with Crippen LogP contribution in [-0.2, 0) is 4.79 Å². The number of carboxylic acid groups (broad SMARTS) is 1. The minimum Gasteiger partial charge on any atom is -0.481 e. The number of aliphatic carboxylic acids is 1. The molecule has 0 saturated carbocycles. The van der Waals surface area contributed by atoms with Crippen molar-refractivity contribution in [2.75, 3.05) is 28.2 Å². The van der Waals surface area contributed by atoms with Gasteiger partial charge >= 0.3 is 5.97 Å². The van der Waals surface area contributed by atoms with Gasteiger partial charge in [-0.25, -0.2) is 0 Å². The van der Waals surface area contributed by atoms with Gasteiger partial charge in [-0.3, -0.25) is 4.79 Å². The number of carboxylic acids is 1. The molecule has 0 aromatic carbocycles. The molecule has 4 nitrogen and oxygen atoms in total. The molecule has 0 spiro atoms. The maximum Gasteiger partial charge on any atom is 0.305 e. The van der Waals surface area contributed by atoms with Crippen LogP contribution in [0.4, 0.5) is 0 Å². The monoisotopic (exact) mass is 209 g/mol. The molecule has 0 heterocycles. The Balaban J connectivity index is 4.31. The van der Waals surface area contributed by atoms with Gasteiger partial charge < -0.3 is 14.9 Å². The molecule has 0 fully saturated rings. The van der Waals surface area contributed by atoms with E-state index in [1.165, 1.54) is 0 Å². The molecule has 13 heavy (non-hydrogen) atoms. The number of hydrogen-bond donors (Lipinski definition) is 2. The first-order valence-electron chi connectivity index (χ1n) is 4.13. The summed E-state index contributed by atoms with van der Waals surface area (Å²) in [4.78, 5) is 10.5. The van der Waals surface area contributed by atoms with Crippen molar-refractivity contribution < 1.29 is 14.4 Å². The number of nitrogens with zero attached hydrogens (tertiary/aromatic N) is 1. The summed E-state index contributed by atoms with van der Waals surface area (Å²) in [7, 11) is 7.52. The number of rotatable bonds is 5. The summed E-state index contributed by atoms with van der Waals surface area (Å²) >= 11 is 6.11. The first-order valence-corrected chi connectivity index (χ1v) is 4.57. The fourth-order valence-corrected chi connectivity index (χ4v) is 1.28. The third-order valence-electron chi connectivity index (χ3n) is 1.84. The fourth-order valence-electron chi connectivity index (χ4n) is 1.06. The smallest absolute Gasteiger partial charge is 0.305 e. The summed E-state index contributed by atoms with van der Waals surface area (Å²) in [5, 5.41) is 11.5. The first-order chi connectivity index (χ1) is 5.79. The van der Waals surface area contributed by atoms with Crippen molar-refractivity contribution >= 4 is 17.6 Å². The van der Waals surface area contributed by atoms with Gasteiger partial charge in [-0.15, -0.1) is 0 Å². The number of halogens is 1. The number of likely N-dealkylation sites (N-methyl/N-ethyl adjacent to an activating group) is 2. The Bertz CT molecular complexity index is 179. The van der Waals surface area contributed by atoms with Gasteiger partial charge in [0.2, 0.25) is 0 Å². The highest BCUT2D eigenvalue weighted by Gasteiger charge is 2.31. The molecule has 0 aromatic rings. The Labute approximate surface area is 84.1 Å². The number of hydrogen-bond acceptors (Lipinski definition) is 2. The van der Waals surface area contributed by atoms with Crippen molar-refractivity contribution in [3.05, 3.63) is 0 Å². The fraction of sp³-hybridized carbons (Fsp3) is 0.875. The van der Waals surface area contributed by atoms with Crippen LogP contribution in [0, 0.1) is 0 Å². The van der Waals surface area contributed by atoms with Gasteiger partial charge in [-0.05, 0) is 7.05 Å². The largest absolute Gasteiger partial charge is 0.481 e. The van der Waals surface area contributed by atoms with Gasteiger partial charge in [-0.2, -0.15) is 0 Å². The van der Waals surface area contributed by atoms with Crippen LogP contribution >= 0.6 is 11.6 Å². The SMILES string of the molecule is CN[C@H](CC(=O)O)C(Cl)[N+](C)(C)C. The zero-order valence-electron chi connectivity index (χ0n) is 8.54. The van der Waals surface area contributed by atoms with Crippen LogP contribution in [-0.4, -0.2) is 55.3 Å². The van der Waals surface area contributed by atoms with Crippen LogP contribution in [0.5, 0.6) is 0 Å². The standard InChI is InChI=1S/C8H17ClN2O2/c1-10-6(5-7(12)13)8(9)11(2,3)4/h6,8,10H,5H2,1-4H3/p+1/t6-,8?/m1/s1. The lowest BCUT2D eigenvalue weighted by molar-refractivity contribution is -0.883. The van der Waals surface area contributed by atoms with Crippen LogP contribution < -0.4 is 5.32 Å². The Hall–Kier alpha value is -0.320. The summed E-state index contributed by atoms with van der Waals surface area (Å²) in [5.41, 5.74) is -0.249. The van der Waals surface area contributed by atoms with Crippen LogP contribution in [0.3, 0.4) is 0 Å². The predicted octanol–water partition coefficient (Wildman–Crippen LogP) is 0.320. The zero-order valence-corrected chi connectivity index (χ0v) is 9.30. The Kier molecular flexibility index (Phi) is 4.67. The van der Waals surface area contributed by atoms with Gasteiger partial charge in [0.25, 0.3) is 0 Å². The van der Waals surface area contributed by atoms with Crippen molar-refractivity contribution in [3.8, 4) is 0 Å². The lowest BCUT2D eigenvalue weighted by Gasteiger charge is -2.34. The number of nitrogens with one attached hydrogen (secondary N) is 1. The Morgan fingerprint density at radius 1 is 1.54 bits per heavy atom. The molecule has 1 unspecified atom stereocenters. The van der Waals surface area contributed by atoms with Crippen LogP contribution in [0.25, 0.3) is 0 Å². The van der Waals surface area contributed by atoms with Crippen molar-refractivity contribution in [2.45, 2.75) is 18.0 Å². The maximum atomic E-state index is 10.5. The van der Waals surface area contributed by atoms with Crippen LogP contribution in [0.15, 0.2) is 0 Å². The minimum atomic E-state index is -0.835. The number of carbonyl (C=O) groups is 1. The Morgan fingerprint density at radius 3 is 2.23 bits per heavy atom. The molecule has 0 rings (SSSR count). The first kappa shape index (κ1) is 12.7. The maximum absolute atomic E-state index is 10.5. The number of alkyl halides is 1. The second kappa shape index (κ2) is 4.79. The van der Waals surface area contributed by atoms with Gasteiger partial charge in [-0.1, -0.05) is 11.6 Å². The van der Waals surface area contributed by atoms with E-state index in [1.807, 2.05) is 21.1 Å². The predicted molar refractivity (Wildman–Crippen MR) is 52.8 cm³/mol. The zero-order chi connectivity index (χ0) is 10.6. The second-order valence-corrected chi connectivity index (χ2v) is 4.43. The third-order valence-corrected chi connectivity index (χ3v) is 2.73. The molecule has 2 N–H and O–H groups in total. The molecule has 78 valence electrons. The van der Waals surface area contributed by atoms with E-state index in [9.17, 15) is 4.79 Å². The lowest BCUT2D eigenvalue weighted by Crippen LogP contribution is -2.53. The molecule has 0 aliphatic rings. The molecular weight excluding hydrogens is 192 g/mol. The highest BCUT2D eigenvalue weighted by Crippen LogP contribution is 2.14. The summed E-state index contributed by atoms with van der Waals surface area (Å²) < 4.78 is 0.528. The highest BCUT2D eigenvalue weighted by molar-refractivity contribution is 6.20. The molecule has 0 aromatic heterocycles. The van der Waals surface area contributed by atoms with Crippen molar-refractivity contribution in [1.82, 2.24) is 5.32 Å². The molecule has 0 bridgehead atoms. The molecule has 0 aliphatic heterocycles. The van der Waals surface area contributed by atoms with Crippen LogP contribution in [0.1, 0.15) is 6.42 Å². The lowest BCUT2D eigenvalue weighted by atomic mass is 10.2. The summed E-state index contributed by atoms with van der Waals surface area (Å²) in [6, 6.07) is -0.209. The summed E-state index contributed by atoms with van der Waals surface area (Å²) in [6.45, 7) is 0. The van der Waals surface area contributed by atoms with E-state index < -0.39 is 5.97 Å². The summed E-state index contributed by atoms with van der Waals surface area (Å²) in [5.74, 6) is -0.835. The third kappa shape index (κ3) is 4.45. The van der Waals surface area contributed by atoms with Crippen molar-refractivity contribution in [2.24, 2.45) is 0 Å². The van der Waals surface area contributed by atoms with Gasteiger partial charge in [0.05, 0.1) is 33.6 Å². The highest BCUT2D eigenvalue weighted by atomic mass is 35.5. The average molecular weight is 210 g/mol. The molecule has 5 heteroatoms. The molecule has 0 radical (unpaired) electrons. The van der Waals surface area contributed by atoms with Gasteiger partial charge in [0, 0.05) is 0 Å². The average Bonchev–Trinajstić information content (AvgIpc) is 1.96. The molecule has 0 aliphatic carbocycles. The van der Waals surface area contributed by atoms with Gasteiger partial charge in [0.1, 0.15) is 0 Å². The van der Waals surface area contributed by atoms with E-state index in [0.29, 0.717) is 4.48 Å². The minimum absolute atomic E-state index is 0.0419. The number of quaternary nitrogens is 1. The molecule has 2 atom stereocenters. The molecule has 0 amide bonds. The molecular formula is C8H18ClN2O2+. The second-order valence-electron chi connectivity index (χ2n) is 3.98. The van der Waals surface area contributed by atoms with E-state index in [4.69, 9.17) is 16.7 Å². The Morgan fingerprint density at radius 2 is 2.00 bits per heavy atom. The van der Waals surface area contributed by atoms with Crippen molar-refractivity contribution in [1.29, 1.82) is 0 Å². The summed E-state index contributed by atoms with van der Waals surface area (Å²) in [6.07, 6.45) is 0.0419. The normalized spacial score (nSPS) is 16.7. The van der Waals surface area contributed by atoms with E-state index in [-0.39, 0.29) is 18.0 Å². The van der Waals surface area contributed by atoms with E-state index in [2.05, 4.69) is 5.32 Å². The topological polar surface area (TPSA) is 49.3 Å². The van der Waals surface area contributed by atoms with E-state index in [1.54, 1.807) is 7.05 Å². The van der Waals surface area contributed by atoms with Gasteiger partial charge in [0.15, 0.2) is 5.50 Å². The quantitative estimate of drug-likeness (QED) is 0.390. The van der Waals surface area contributed by atoms with E-state index >= 15 is 0 Å². The molecule has 0 saturated heterocycles. The van der Waals surface area contributed by atoms with Crippen molar-refractivity contribution in [3.63, 3.8) is 0 Å². The van der Waals surface area contributed by atoms with E-state index in [0.717, 1.165) is 0 Å². The van der Waals surface area contributed by atoms with Crippen LogP contribution in [0.2, 0.25) is 0 Å².